The minimum absolute atomic E-state index is 0.0894. The largest absolute Gasteiger partial charge is 0.397 e. The fourth-order valence-corrected chi connectivity index (χ4v) is 3.46. The summed E-state index contributed by atoms with van der Waals surface area (Å²) in [7, 11) is 0. The predicted molar refractivity (Wildman–Crippen MR) is 70.0 cm³/mol. The van der Waals surface area contributed by atoms with E-state index in [1.807, 2.05) is 4.90 Å². The molecule has 2 unspecified atom stereocenters. The summed E-state index contributed by atoms with van der Waals surface area (Å²) >= 11 is 0. The summed E-state index contributed by atoms with van der Waals surface area (Å²) in [5.41, 5.74) is 6.95. The number of nitrogens with zero attached hydrogens (tertiary/aromatic N) is 2. The van der Waals surface area contributed by atoms with Gasteiger partial charge in [-0.25, -0.2) is 0 Å². The van der Waals surface area contributed by atoms with E-state index in [9.17, 15) is 4.79 Å². The standard InChI is InChI=1S/C14H19N3O/c15-12-9-16-7-6-11(12)14(18)17-8-2-4-10-3-1-5-13(10)17/h6-7,9-10,13H,1-5,8,15H2. The zero-order valence-electron chi connectivity index (χ0n) is 10.5. The highest BCUT2D eigenvalue weighted by atomic mass is 16.2. The molecule has 2 fully saturated rings. The summed E-state index contributed by atoms with van der Waals surface area (Å²) in [6.07, 6.45) is 9.29. The Labute approximate surface area is 107 Å². The van der Waals surface area contributed by atoms with E-state index < -0.39 is 0 Å². The van der Waals surface area contributed by atoms with Crippen molar-refractivity contribution in [2.24, 2.45) is 5.92 Å². The topological polar surface area (TPSA) is 59.2 Å². The van der Waals surface area contributed by atoms with Crippen molar-refractivity contribution >= 4 is 11.6 Å². The SMILES string of the molecule is Nc1cnccc1C(=O)N1CCCC2CCCC21. The van der Waals surface area contributed by atoms with Crippen molar-refractivity contribution < 1.29 is 4.79 Å². The van der Waals surface area contributed by atoms with Crippen LogP contribution in [-0.2, 0) is 0 Å². The average molecular weight is 245 g/mol. The molecule has 1 saturated heterocycles. The molecule has 18 heavy (non-hydrogen) atoms. The molecule has 1 saturated carbocycles. The first kappa shape index (κ1) is 11.5. The normalized spacial score (nSPS) is 27.0. The Morgan fingerprint density at radius 1 is 1.33 bits per heavy atom. The Balaban J connectivity index is 1.86. The molecule has 0 spiro atoms. The molecule has 0 bridgehead atoms. The number of carbonyl (C=O) groups is 1. The molecule has 96 valence electrons. The Morgan fingerprint density at radius 2 is 2.17 bits per heavy atom. The van der Waals surface area contributed by atoms with E-state index in [1.165, 1.54) is 19.3 Å². The van der Waals surface area contributed by atoms with Crippen LogP contribution in [0.25, 0.3) is 0 Å². The van der Waals surface area contributed by atoms with Gasteiger partial charge in [-0.2, -0.15) is 0 Å². The van der Waals surface area contributed by atoms with E-state index in [0.29, 0.717) is 23.2 Å². The van der Waals surface area contributed by atoms with Crippen molar-refractivity contribution in [1.29, 1.82) is 0 Å². The first-order chi connectivity index (χ1) is 8.77. The van der Waals surface area contributed by atoms with Crippen LogP contribution < -0.4 is 5.73 Å². The van der Waals surface area contributed by atoms with Crippen LogP contribution in [0.4, 0.5) is 5.69 Å². The zero-order chi connectivity index (χ0) is 12.5. The summed E-state index contributed by atoms with van der Waals surface area (Å²) in [5.74, 6) is 0.803. The predicted octanol–water partition coefficient (Wildman–Crippen LogP) is 2.07. The second-order valence-electron chi connectivity index (χ2n) is 5.36. The van der Waals surface area contributed by atoms with Gasteiger partial charge in [0.1, 0.15) is 0 Å². The Bertz CT molecular complexity index is 460. The number of piperidine rings is 1. The molecule has 2 N–H and O–H groups in total. The number of nitrogens with two attached hydrogens (primary N) is 1. The minimum Gasteiger partial charge on any atom is -0.397 e. The second kappa shape index (κ2) is 4.59. The fourth-order valence-electron chi connectivity index (χ4n) is 3.46. The quantitative estimate of drug-likeness (QED) is 0.824. The van der Waals surface area contributed by atoms with Crippen LogP contribution in [0.2, 0.25) is 0 Å². The molecule has 1 aliphatic heterocycles. The van der Waals surface area contributed by atoms with Gasteiger partial charge >= 0.3 is 0 Å². The maximum atomic E-state index is 12.6. The average Bonchev–Trinajstić information content (AvgIpc) is 2.86. The van der Waals surface area contributed by atoms with Gasteiger partial charge in [-0.15, -0.1) is 0 Å². The maximum absolute atomic E-state index is 12.6. The first-order valence-electron chi connectivity index (χ1n) is 6.78. The van der Waals surface area contributed by atoms with E-state index in [1.54, 1.807) is 18.5 Å². The molecule has 2 atom stereocenters. The highest BCUT2D eigenvalue weighted by molar-refractivity contribution is 5.99. The van der Waals surface area contributed by atoms with Crippen LogP contribution in [-0.4, -0.2) is 28.4 Å². The molecule has 2 aliphatic rings. The van der Waals surface area contributed by atoms with E-state index in [-0.39, 0.29) is 5.91 Å². The van der Waals surface area contributed by atoms with Gasteiger partial charge in [0.05, 0.1) is 17.4 Å². The Kier molecular flexibility index (Phi) is 2.94. The summed E-state index contributed by atoms with van der Waals surface area (Å²) in [5, 5.41) is 0. The molecule has 4 heteroatoms. The summed E-state index contributed by atoms with van der Waals surface area (Å²) in [6, 6.07) is 2.18. The number of rotatable bonds is 1. The van der Waals surface area contributed by atoms with E-state index in [4.69, 9.17) is 5.73 Å². The van der Waals surface area contributed by atoms with Gasteiger partial charge in [-0.1, -0.05) is 6.42 Å². The van der Waals surface area contributed by atoms with Gasteiger partial charge < -0.3 is 10.6 Å². The first-order valence-corrected chi connectivity index (χ1v) is 6.78. The van der Waals surface area contributed by atoms with E-state index in [2.05, 4.69) is 4.98 Å². The van der Waals surface area contributed by atoms with Crippen molar-refractivity contribution in [3.8, 4) is 0 Å². The van der Waals surface area contributed by atoms with Crippen LogP contribution in [0.3, 0.4) is 0 Å². The number of carbonyl (C=O) groups excluding carboxylic acids is 1. The number of hydrogen-bond acceptors (Lipinski definition) is 3. The molecular formula is C14H19N3O. The summed E-state index contributed by atoms with van der Waals surface area (Å²) in [6.45, 7) is 0.877. The Hall–Kier alpha value is -1.58. The molecule has 2 heterocycles. The lowest BCUT2D eigenvalue weighted by molar-refractivity contribution is 0.0549. The van der Waals surface area contributed by atoms with Crippen molar-refractivity contribution in [2.45, 2.75) is 38.1 Å². The smallest absolute Gasteiger partial charge is 0.256 e. The van der Waals surface area contributed by atoms with Gasteiger partial charge in [0.25, 0.3) is 5.91 Å². The number of likely N-dealkylation sites (tertiary alicyclic amines) is 1. The maximum Gasteiger partial charge on any atom is 0.256 e. The molecular weight excluding hydrogens is 226 g/mol. The van der Waals surface area contributed by atoms with Crippen molar-refractivity contribution in [1.82, 2.24) is 9.88 Å². The lowest BCUT2D eigenvalue weighted by Gasteiger charge is -2.38. The lowest BCUT2D eigenvalue weighted by Crippen LogP contribution is -2.46. The fraction of sp³-hybridized carbons (Fsp3) is 0.571. The second-order valence-corrected chi connectivity index (χ2v) is 5.36. The van der Waals surface area contributed by atoms with Gasteiger partial charge in [0, 0.05) is 18.8 Å². The monoisotopic (exact) mass is 245 g/mol. The number of pyridine rings is 1. The van der Waals surface area contributed by atoms with Gasteiger partial charge in [0.2, 0.25) is 0 Å². The third-order valence-corrected chi connectivity index (χ3v) is 4.34. The van der Waals surface area contributed by atoms with Crippen LogP contribution >= 0.6 is 0 Å². The molecule has 0 radical (unpaired) electrons. The van der Waals surface area contributed by atoms with Crippen LogP contribution in [0.15, 0.2) is 18.5 Å². The van der Waals surface area contributed by atoms with E-state index in [0.717, 1.165) is 19.4 Å². The van der Waals surface area contributed by atoms with Crippen molar-refractivity contribution in [3.05, 3.63) is 24.0 Å². The van der Waals surface area contributed by atoms with Crippen LogP contribution in [0.1, 0.15) is 42.5 Å². The van der Waals surface area contributed by atoms with Crippen molar-refractivity contribution in [3.63, 3.8) is 0 Å². The molecule has 1 aromatic rings. The molecule has 1 aromatic heterocycles. The van der Waals surface area contributed by atoms with Gasteiger partial charge in [-0.05, 0) is 37.7 Å². The molecule has 0 aromatic carbocycles. The number of aromatic nitrogens is 1. The minimum atomic E-state index is 0.0894. The lowest BCUT2D eigenvalue weighted by atomic mass is 9.91. The highest BCUT2D eigenvalue weighted by Crippen LogP contribution is 2.37. The Morgan fingerprint density at radius 3 is 3.00 bits per heavy atom. The van der Waals surface area contributed by atoms with Crippen LogP contribution in [0.5, 0.6) is 0 Å². The third kappa shape index (κ3) is 1.85. The number of nitrogen functional groups attached to an aromatic ring is 1. The summed E-state index contributed by atoms with van der Waals surface area (Å²) in [4.78, 5) is 18.6. The van der Waals surface area contributed by atoms with Crippen molar-refractivity contribution in [2.75, 3.05) is 12.3 Å². The van der Waals surface area contributed by atoms with Crippen LogP contribution in [0, 0.1) is 5.92 Å². The molecule has 1 amide bonds. The summed E-state index contributed by atoms with van der Waals surface area (Å²) < 4.78 is 0. The third-order valence-electron chi connectivity index (χ3n) is 4.34. The van der Waals surface area contributed by atoms with Gasteiger partial charge in [0.15, 0.2) is 0 Å². The highest BCUT2D eigenvalue weighted by Gasteiger charge is 2.37. The molecule has 1 aliphatic carbocycles. The number of anilines is 1. The van der Waals surface area contributed by atoms with Gasteiger partial charge in [-0.3, -0.25) is 9.78 Å². The molecule has 3 rings (SSSR count). The zero-order valence-corrected chi connectivity index (χ0v) is 10.5. The number of fused-ring (bicyclic) bond motifs is 1. The number of hydrogen-bond donors (Lipinski definition) is 1. The number of amides is 1. The molecule has 4 nitrogen and oxygen atoms in total. The van der Waals surface area contributed by atoms with E-state index >= 15 is 0 Å².